The lowest BCUT2D eigenvalue weighted by Crippen LogP contribution is -2.13. The molecule has 0 saturated heterocycles. The highest BCUT2D eigenvalue weighted by Gasteiger charge is 2.19. The topological polar surface area (TPSA) is 60.3 Å². The van der Waals surface area contributed by atoms with Crippen molar-refractivity contribution in [1.82, 2.24) is 4.57 Å². The zero-order valence-corrected chi connectivity index (χ0v) is 17.8. The first-order chi connectivity index (χ1) is 14.5. The summed E-state index contributed by atoms with van der Waals surface area (Å²) < 4.78 is 7.31. The average molecular weight is 405 g/mol. The maximum absolute atomic E-state index is 12.4. The Kier molecular flexibility index (Phi) is 7.07. The van der Waals surface area contributed by atoms with Gasteiger partial charge >= 0.3 is 5.97 Å². The molecular formula is C25H28N2O3. The summed E-state index contributed by atoms with van der Waals surface area (Å²) in [6.07, 6.45) is 1.06. The molecular weight excluding hydrogens is 376 g/mol. The zero-order chi connectivity index (χ0) is 21.5. The van der Waals surface area contributed by atoms with Gasteiger partial charge in [0.2, 0.25) is 5.91 Å². The van der Waals surface area contributed by atoms with Crippen LogP contribution >= 0.6 is 0 Å². The Morgan fingerprint density at radius 3 is 2.37 bits per heavy atom. The molecule has 1 heterocycles. The van der Waals surface area contributed by atoms with Crippen molar-refractivity contribution < 1.29 is 14.3 Å². The maximum atomic E-state index is 12.4. The number of ether oxygens (including phenoxy) is 1. The van der Waals surface area contributed by atoms with Gasteiger partial charge in [0.15, 0.2) is 0 Å². The predicted molar refractivity (Wildman–Crippen MR) is 120 cm³/mol. The van der Waals surface area contributed by atoms with E-state index < -0.39 is 0 Å². The number of amides is 1. The average Bonchev–Trinajstić information content (AvgIpc) is 3.07. The van der Waals surface area contributed by atoms with E-state index in [9.17, 15) is 9.59 Å². The van der Waals surface area contributed by atoms with Crippen LogP contribution in [0, 0.1) is 13.8 Å². The standard InChI is InChI=1S/C25H28N2O3/c1-4-30-25(29)22-17-23(20-9-6-5-7-10-20)27(19(22)3)16-8-11-24(28)26-21-14-12-18(2)13-15-21/h5-7,9-10,12-15,17H,4,8,11,16H2,1-3H3,(H,26,28). The molecule has 0 aliphatic rings. The summed E-state index contributed by atoms with van der Waals surface area (Å²) in [6, 6.07) is 19.6. The summed E-state index contributed by atoms with van der Waals surface area (Å²) >= 11 is 0. The fourth-order valence-corrected chi connectivity index (χ4v) is 3.45. The Balaban J connectivity index is 1.73. The van der Waals surface area contributed by atoms with E-state index in [1.54, 1.807) is 6.92 Å². The summed E-state index contributed by atoms with van der Waals surface area (Å²) in [5.74, 6) is -0.335. The van der Waals surface area contributed by atoms with Gasteiger partial charge in [-0.15, -0.1) is 0 Å². The van der Waals surface area contributed by atoms with Crippen LogP contribution in [0.15, 0.2) is 60.7 Å². The van der Waals surface area contributed by atoms with Gasteiger partial charge in [0, 0.05) is 30.0 Å². The van der Waals surface area contributed by atoms with Crippen molar-refractivity contribution in [2.45, 2.75) is 40.2 Å². The van der Waals surface area contributed by atoms with E-state index in [0.29, 0.717) is 31.6 Å². The Labute approximate surface area is 177 Å². The molecule has 5 nitrogen and oxygen atoms in total. The van der Waals surface area contributed by atoms with Crippen LogP contribution in [0.25, 0.3) is 11.3 Å². The van der Waals surface area contributed by atoms with Gasteiger partial charge in [-0.3, -0.25) is 4.79 Å². The van der Waals surface area contributed by atoms with E-state index in [0.717, 1.165) is 28.2 Å². The van der Waals surface area contributed by atoms with E-state index in [2.05, 4.69) is 9.88 Å². The largest absolute Gasteiger partial charge is 0.462 e. The molecule has 156 valence electrons. The minimum Gasteiger partial charge on any atom is -0.462 e. The third kappa shape index (κ3) is 5.17. The molecule has 0 aliphatic heterocycles. The summed E-state index contributed by atoms with van der Waals surface area (Å²) in [4.78, 5) is 24.7. The first-order valence-electron chi connectivity index (χ1n) is 10.3. The monoisotopic (exact) mass is 404 g/mol. The molecule has 1 aromatic heterocycles. The van der Waals surface area contributed by atoms with Crippen LogP contribution in [0.4, 0.5) is 5.69 Å². The fraction of sp³-hybridized carbons (Fsp3) is 0.280. The summed E-state index contributed by atoms with van der Waals surface area (Å²) in [5, 5.41) is 2.93. The van der Waals surface area contributed by atoms with Gasteiger partial charge in [0.05, 0.1) is 12.2 Å². The van der Waals surface area contributed by atoms with Crippen molar-refractivity contribution in [1.29, 1.82) is 0 Å². The van der Waals surface area contributed by atoms with Crippen LogP contribution < -0.4 is 5.32 Å². The molecule has 2 aromatic carbocycles. The molecule has 0 atom stereocenters. The van der Waals surface area contributed by atoms with Crippen molar-refractivity contribution in [2.24, 2.45) is 0 Å². The number of hydrogen-bond acceptors (Lipinski definition) is 3. The summed E-state index contributed by atoms with van der Waals surface area (Å²) in [6.45, 7) is 6.71. The van der Waals surface area contributed by atoms with Gasteiger partial charge in [-0.25, -0.2) is 4.79 Å². The number of anilines is 1. The molecule has 1 amide bonds. The first-order valence-corrected chi connectivity index (χ1v) is 10.3. The maximum Gasteiger partial charge on any atom is 0.339 e. The number of benzene rings is 2. The molecule has 3 rings (SSSR count). The second-order valence-corrected chi connectivity index (χ2v) is 7.28. The summed E-state index contributed by atoms with van der Waals surface area (Å²) in [5.41, 5.74) is 5.36. The van der Waals surface area contributed by atoms with Crippen LogP contribution in [0.5, 0.6) is 0 Å². The molecule has 5 heteroatoms. The molecule has 0 radical (unpaired) electrons. The van der Waals surface area contributed by atoms with Crippen LogP contribution in [-0.2, 0) is 16.1 Å². The number of rotatable bonds is 8. The normalized spacial score (nSPS) is 10.6. The molecule has 30 heavy (non-hydrogen) atoms. The van der Waals surface area contributed by atoms with Gasteiger partial charge < -0.3 is 14.6 Å². The predicted octanol–water partition coefficient (Wildman–Crippen LogP) is 5.37. The highest BCUT2D eigenvalue weighted by Crippen LogP contribution is 2.27. The van der Waals surface area contributed by atoms with Gasteiger partial charge in [-0.2, -0.15) is 0 Å². The molecule has 0 bridgehead atoms. The number of carbonyl (C=O) groups excluding carboxylic acids is 2. The highest BCUT2D eigenvalue weighted by atomic mass is 16.5. The van der Waals surface area contributed by atoms with Crippen molar-refractivity contribution in [3.05, 3.63) is 77.5 Å². The Bertz CT molecular complexity index is 1000. The lowest BCUT2D eigenvalue weighted by molar-refractivity contribution is -0.116. The zero-order valence-electron chi connectivity index (χ0n) is 17.8. The highest BCUT2D eigenvalue weighted by molar-refractivity contribution is 5.93. The minimum atomic E-state index is -0.317. The van der Waals surface area contributed by atoms with E-state index in [1.807, 2.05) is 74.5 Å². The number of esters is 1. The number of aromatic nitrogens is 1. The molecule has 1 N–H and O–H groups in total. The minimum absolute atomic E-state index is 0.0180. The number of nitrogens with one attached hydrogen (secondary N) is 1. The van der Waals surface area contributed by atoms with Crippen molar-refractivity contribution in [3.63, 3.8) is 0 Å². The lowest BCUT2D eigenvalue weighted by atomic mass is 10.1. The van der Waals surface area contributed by atoms with Crippen LogP contribution in [0.2, 0.25) is 0 Å². The van der Waals surface area contributed by atoms with Gasteiger partial charge in [-0.05, 0) is 51.0 Å². The van der Waals surface area contributed by atoms with E-state index in [1.165, 1.54) is 0 Å². The van der Waals surface area contributed by atoms with Crippen LogP contribution in [0.3, 0.4) is 0 Å². The molecule has 0 spiro atoms. The fourth-order valence-electron chi connectivity index (χ4n) is 3.45. The second-order valence-electron chi connectivity index (χ2n) is 7.28. The van der Waals surface area contributed by atoms with Crippen molar-refractivity contribution in [3.8, 4) is 11.3 Å². The van der Waals surface area contributed by atoms with Gasteiger partial charge in [-0.1, -0.05) is 48.0 Å². The van der Waals surface area contributed by atoms with E-state index >= 15 is 0 Å². The van der Waals surface area contributed by atoms with Crippen molar-refractivity contribution >= 4 is 17.6 Å². The second kappa shape index (κ2) is 9.92. The van der Waals surface area contributed by atoms with E-state index in [4.69, 9.17) is 4.74 Å². The molecule has 3 aromatic rings. The summed E-state index contributed by atoms with van der Waals surface area (Å²) in [7, 11) is 0. The number of nitrogens with zero attached hydrogens (tertiary/aromatic N) is 1. The quantitative estimate of drug-likeness (QED) is 0.514. The Morgan fingerprint density at radius 1 is 1.00 bits per heavy atom. The third-order valence-corrected chi connectivity index (χ3v) is 5.05. The third-order valence-electron chi connectivity index (χ3n) is 5.05. The van der Waals surface area contributed by atoms with Crippen LogP contribution in [0.1, 0.15) is 41.4 Å². The number of hydrogen-bond donors (Lipinski definition) is 1. The van der Waals surface area contributed by atoms with E-state index in [-0.39, 0.29) is 11.9 Å². The van der Waals surface area contributed by atoms with Crippen molar-refractivity contribution in [2.75, 3.05) is 11.9 Å². The smallest absolute Gasteiger partial charge is 0.339 e. The van der Waals surface area contributed by atoms with Crippen LogP contribution in [-0.4, -0.2) is 23.1 Å². The number of carbonyl (C=O) groups is 2. The Morgan fingerprint density at radius 2 is 1.70 bits per heavy atom. The van der Waals surface area contributed by atoms with Gasteiger partial charge in [0.1, 0.15) is 0 Å². The molecule has 0 fully saturated rings. The number of aryl methyl sites for hydroxylation is 1. The molecule has 0 unspecified atom stereocenters. The SMILES string of the molecule is CCOC(=O)c1cc(-c2ccccc2)n(CCCC(=O)Nc2ccc(C)cc2)c1C. The van der Waals surface area contributed by atoms with Gasteiger partial charge in [0.25, 0.3) is 0 Å². The first kappa shape index (κ1) is 21.4. The Hall–Kier alpha value is -3.34. The molecule has 0 saturated carbocycles. The molecule has 0 aliphatic carbocycles. The lowest BCUT2D eigenvalue weighted by Gasteiger charge is -2.12.